The molecular weight excluding hydrogens is 234 g/mol. The van der Waals surface area contributed by atoms with E-state index in [4.69, 9.17) is 11.6 Å². The standard InChI is InChI=1S/C10H14ClNO2S/c1-8-4-3-5-9(10(8)6-11)7-12-15(2,13)14/h3-5,12H,6-7H2,1-2H3. The Balaban J connectivity index is 2.90. The summed E-state index contributed by atoms with van der Waals surface area (Å²) in [5.74, 6) is 0.396. The third kappa shape index (κ3) is 3.81. The fourth-order valence-corrected chi connectivity index (χ4v) is 2.13. The number of nitrogens with one attached hydrogen (secondary N) is 1. The van der Waals surface area contributed by atoms with Crippen LogP contribution in [0.2, 0.25) is 0 Å². The van der Waals surface area contributed by atoms with E-state index in [1.54, 1.807) is 0 Å². The van der Waals surface area contributed by atoms with E-state index in [-0.39, 0.29) is 0 Å². The van der Waals surface area contributed by atoms with Gasteiger partial charge in [0.25, 0.3) is 0 Å². The monoisotopic (exact) mass is 247 g/mol. The van der Waals surface area contributed by atoms with Crippen molar-refractivity contribution in [2.75, 3.05) is 6.26 Å². The average molecular weight is 248 g/mol. The lowest BCUT2D eigenvalue weighted by molar-refractivity contribution is 0.587. The molecule has 5 heteroatoms. The van der Waals surface area contributed by atoms with Gasteiger partial charge in [-0.25, -0.2) is 13.1 Å². The fraction of sp³-hybridized carbons (Fsp3) is 0.400. The van der Waals surface area contributed by atoms with Crippen LogP contribution < -0.4 is 4.72 Å². The summed E-state index contributed by atoms with van der Waals surface area (Å²) < 4.78 is 24.3. The Hall–Kier alpha value is -0.580. The molecule has 0 amide bonds. The van der Waals surface area contributed by atoms with Crippen molar-refractivity contribution in [1.29, 1.82) is 0 Å². The van der Waals surface area contributed by atoms with Crippen molar-refractivity contribution in [3.05, 3.63) is 34.9 Å². The molecule has 0 unspecified atom stereocenters. The van der Waals surface area contributed by atoms with E-state index in [0.29, 0.717) is 12.4 Å². The van der Waals surface area contributed by atoms with Crippen LogP contribution in [0.5, 0.6) is 0 Å². The maximum atomic E-state index is 10.9. The second-order valence-corrected chi connectivity index (χ2v) is 5.54. The third-order valence-electron chi connectivity index (χ3n) is 2.17. The summed E-state index contributed by atoms with van der Waals surface area (Å²) in [7, 11) is -3.15. The summed E-state index contributed by atoms with van der Waals surface area (Å²) >= 11 is 5.81. The molecule has 84 valence electrons. The molecule has 0 spiro atoms. The number of halogens is 1. The molecule has 0 atom stereocenters. The summed E-state index contributed by atoms with van der Waals surface area (Å²) in [4.78, 5) is 0. The third-order valence-corrected chi connectivity index (χ3v) is 3.10. The highest BCUT2D eigenvalue weighted by molar-refractivity contribution is 7.88. The molecule has 15 heavy (non-hydrogen) atoms. The van der Waals surface area contributed by atoms with E-state index in [0.717, 1.165) is 22.9 Å². The molecule has 1 aromatic carbocycles. The van der Waals surface area contributed by atoms with Crippen molar-refractivity contribution in [2.45, 2.75) is 19.3 Å². The SMILES string of the molecule is Cc1cccc(CNS(C)(=O)=O)c1CCl. The predicted octanol–water partition coefficient (Wildman–Crippen LogP) is 1.78. The molecule has 0 saturated carbocycles. The molecule has 0 saturated heterocycles. The lowest BCUT2D eigenvalue weighted by Gasteiger charge is -2.10. The number of sulfonamides is 1. The zero-order chi connectivity index (χ0) is 11.5. The molecule has 3 nitrogen and oxygen atoms in total. The van der Waals surface area contributed by atoms with E-state index in [9.17, 15) is 8.42 Å². The van der Waals surface area contributed by atoms with Gasteiger partial charge in [0.2, 0.25) is 10.0 Å². The minimum absolute atomic E-state index is 0.294. The number of alkyl halides is 1. The first-order valence-electron chi connectivity index (χ1n) is 4.52. The summed E-state index contributed by atoms with van der Waals surface area (Å²) in [5.41, 5.74) is 3.00. The lowest BCUT2D eigenvalue weighted by atomic mass is 10.0. The van der Waals surface area contributed by atoms with E-state index >= 15 is 0 Å². The van der Waals surface area contributed by atoms with E-state index in [1.807, 2.05) is 25.1 Å². The molecule has 0 aliphatic heterocycles. The van der Waals surface area contributed by atoms with Crippen molar-refractivity contribution < 1.29 is 8.42 Å². The van der Waals surface area contributed by atoms with Crippen LogP contribution in [0.4, 0.5) is 0 Å². The molecule has 0 aliphatic carbocycles. The van der Waals surface area contributed by atoms with Crippen molar-refractivity contribution in [3.63, 3.8) is 0 Å². The molecule has 0 aliphatic rings. The van der Waals surface area contributed by atoms with Crippen LogP contribution in [0.1, 0.15) is 16.7 Å². The van der Waals surface area contributed by atoms with Gasteiger partial charge >= 0.3 is 0 Å². The van der Waals surface area contributed by atoms with Gasteiger partial charge in [0.1, 0.15) is 0 Å². The maximum absolute atomic E-state index is 10.9. The van der Waals surface area contributed by atoms with Gasteiger partial charge < -0.3 is 0 Å². The molecular formula is C10H14ClNO2S. The highest BCUT2D eigenvalue weighted by Gasteiger charge is 2.06. The molecule has 0 radical (unpaired) electrons. The highest BCUT2D eigenvalue weighted by Crippen LogP contribution is 2.16. The minimum Gasteiger partial charge on any atom is -0.213 e. The summed E-state index contributed by atoms with van der Waals surface area (Å²) in [6.45, 7) is 2.25. The van der Waals surface area contributed by atoms with Gasteiger partial charge in [-0.2, -0.15) is 0 Å². The smallest absolute Gasteiger partial charge is 0.209 e. The first kappa shape index (κ1) is 12.5. The molecule has 0 heterocycles. The normalized spacial score (nSPS) is 11.7. The Morgan fingerprint density at radius 1 is 1.40 bits per heavy atom. The van der Waals surface area contributed by atoms with Gasteiger partial charge in [0, 0.05) is 12.4 Å². The molecule has 1 N–H and O–H groups in total. The molecule has 0 bridgehead atoms. The maximum Gasteiger partial charge on any atom is 0.209 e. The van der Waals surface area contributed by atoms with Gasteiger partial charge in [-0.15, -0.1) is 11.6 Å². The van der Waals surface area contributed by atoms with Crippen molar-refractivity contribution in [1.82, 2.24) is 4.72 Å². The fourth-order valence-electron chi connectivity index (χ4n) is 1.33. The largest absolute Gasteiger partial charge is 0.213 e. The van der Waals surface area contributed by atoms with Gasteiger partial charge in [0.05, 0.1) is 6.26 Å². The lowest BCUT2D eigenvalue weighted by Crippen LogP contribution is -2.22. The second kappa shape index (κ2) is 4.96. The van der Waals surface area contributed by atoms with Crippen LogP contribution >= 0.6 is 11.6 Å². The highest BCUT2D eigenvalue weighted by atomic mass is 35.5. The number of benzene rings is 1. The zero-order valence-corrected chi connectivity index (χ0v) is 10.3. The predicted molar refractivity (Wildman–Crippen MR) is 62.4 cm³/mol. The van der Waals surface area contributed by atoms with Gasteiger partial charge in [0.15, 0.2) is 0 Å². The molecule has 1 aromatic rings. The quantitative estimate of drug-likeness (QED) is 0.825. The van der Waals surface area contributed by atoms with Crippen LogP contribution in [-0.4, -0.2) is 14.7 Å². The Bertz CT molecular complexity index is 443. The molecule has 1 rings (SSSR count). The first-order valence-corrected chi connectivity index (χ1v) is 6.94. The van der Waals surface area contributed by atoms with E-state index in [2.05, 4.69) is 4.72 Å². The van der Waals surface area contributed by atoms with Crippen LogP contribution in [0.25, 0.3) is 0 Å². The Kier molecular flexibility index (Phi) is 4.13. The number of rotatable bonds is 4. The van der Waals surface area contributed by atoms with Crippen LogP contribution in [0.15, 0.2) is 18.2 Å². The Morgan fingerprint density at radius 3 is 2.60 bits per heavy atom. The Morgan fingerprint density at radius 2 is 2.07 bits per heavy atom. The molecule has 0 fully saturated rings. The van der Waals surface area contributed by atoms with Gasteiger partial charge in [-0.3, -0.25) is 0 Å². The zero-order valence-electron chi connectivity index (χ0n) is 8.75. The van der Waals surface area contributed by atoms with Crippen LogP contribution in [-0.2, 0) is 22.4 Å². The topological polar surface area (TPSA) is 46.2 Å². The summed E-state index contributed by atoms with van der Waals surface area (Å²) in [6.07, 6.45) is 1.14. The molecule has 0 aromatic heterocycles. The number of hydrogen-bond donors (Lipinski definition) is 1. The first-order chi connectivity index (χ1) is 6.94. The second-order valence-electron chi connectivity index (χ2n) is 3.44. The van der Waals surface area contributed by atoms with Crippen molar-refractivity contribution in [2.24, 2.45) is 0 Å². The van der Waals surface area contributed by atoms with E-state index in [1.165, 1.54) is 0 Å². The summed E-state index contributed by atoms with van der Waals surface area (Å²) in [6, 6.07) is 5.73. The summed E-state index contributed by atoms with van der Waals surface area (Å²) in [5, 5.41) is 0. The van der Waals surface area contributed by atoms with Gasteiger partial charge in [-0.05, 0) is 23.6 Å². The minimum atomic E-state index is -3.15. The number of hydrogen-bond acceptors (Lipinski definition) is 2. The van der Waals surface area contributed by atoms with Gasteiger partial charge in [-0.1, -0.05) is 18.2 Å². The number of aryl methyl sites for hydroxylation is 1. The average Bonchev–Trinajstić information content (AvgIpc) is 2.13. The van der Waals surface area contributed by atoms with Crippen LogP contribution in [0.3, 0.4) is 0 Å². The van der Waals surface area contributed by atoms with Crippen LogP contribution in [0, 0.1) is 6.92 Å². The van der Waals surface area contributed by atoms with E-state index < -0.39 is 10.0 Å². The Labute approximate surface area is 95.5 Å². The van der Waals surface area contributed by atoms with Crippen molar-refractivity contribution in [3.8, 4) is 0 Å². The van der Waals surface area contributed by atoms with Crippen molar-refractivity contribution >= 4 is 21.6 Å².